The van der Waals surface area contributed by atoms with Crippen LogP contribution in [0.25, 0.3) is 0 Å². The highest BCUT2D eigenvalue weighted by Crippen LogP contribution is 2.19. The first kappa shape index (κ1) is 8.64. The molecule has 12 heavy (non-hydrogen) atoms. The molecule has 1 rings (SSSR count). The van der Waals surface area contributed by atoms with Gasteiger partial charge in [-0.15, -0.1) is 0 Å². The lowest BCUT2D eigenvalue weighted by atomic mass is 10.1. The molecule has 0 aliphatic rings. The molecule has 0 atom stereocenters. The van der Waals surface area contributed by atoms with Crippen LogP contribution in [-0.2, 0) is 0 Å². The van der Waals surface area contributed by atoms with Crippen molar-refractivity contribution in [3.8, 4) is 0 Å². The van der Waals surface area contributed by atoms with E-state index >= 15 is 0 Å². The Balaban J connectivity index is 3.36. The summed E-state index contributed by atoms with van der Waals surface area (Å²) in [6.45, 7) is 1.24. The Morgan fingerprint density at radius 3 is 2.50 bits per heavy atom. The first-order valence-corrected chi connectivity index (χ1v) is 3.28. The molecule has 0 aromatic heterocycles. The molecule has 0 heterocycles. The van der Waals surface area contributed by atoms with E-state index in [1.807, 2.05) is 0 Å². The minimum Gasteiger partial charge on any atom is -0.396 e. The molecule has 0 aliphatic carbocycles. The molecule has 2 N–H and O–H groups in total. The second-order valence-corrected chi connectivity index (χ2v) is 2.38. The highest BCUT2D eigenvalue weighted by Gasteiger charge is 2.12. The van der Waals surface area contributed by atoms with Crippen LogP contribution in [0, 0.1) is 11.6 Å². The number of hydrogen-bond acceptors (Lipinski definition) is 2. The molecule has 64 valence electrons. The van der Waals surface area contributed by atoms with E-state index in [-0.39, 0.29) is 11.3 Å². The summed E-state index contributed by atoms with van der Waals surface area (Å²) < 4.78 is 25.2. The quantitative estimate of drug-likeness (QED) is 0.516. The Hall–Kier alpha value is -1.45. The summed E-state index contributed by atoms with van der Waals surface area (Å²) in [6.07, 6.45) is 0. The first-order valence-electron chi connectivity index (χ1n) is 3.28. The van der Waals surface area contributed by atoms with E-state index in [1.165, 1.54) is 6.92 Å². The van der Waals surface area contributed by atoms with Crippen molar-refractivity contribution in [2.75, 3.05) is 5.73 Å². The van der Waals surface area contributed by atoms with Crippen molar-refractivity contribution in [2.24, 2.45) is 0 Å². The van der Waals surface area contributed by atoms with Crippen LogP contribution in [0.1, 0.15) is 17.3 Å². The minimum atomic E-state index is -1.16. The molecule has 2 nitrogen and oxygen atoms in total. The van der Waals surface area contributed by atoms with E-state index in [9.17, 15) is 13.6 Å². The van der Waals surface area contributed by atoms with Crippen molar-refractivity contribution in [3.63, 3.8) is 0 Å². The van der Waals surface area contributed by atoms with Crippen LogP contribution in [0.3, 0.4) is 0 Å². The maximum Gasteiger partial charge on any atom is 0.182 e. The van der Waals surface area contributed by atoms with Gasteiger partial charge in [-0.05, 0) is 19.1 Å². The number of anilines is 1. The summed E-state index contributed by atoms with van der Waals surface area (Å²) in [6, 6.07) is 2.04. The number of carbonyl (C=O) groups is 1. The van der Waals surface area contributed by atoms with Crippen molar-refractivity contribution >= 4 is 11.5 Å². The monoisotopic (exact) mass is 171 g/mol. The number of rotatable bonds is 1. The summed E-state index contributed by atoms with van der Waals surface area (Å²) in [7, 11) is 0. The van der Waals surface area contributed by atoms with E-state index in [2.05, 4.69) is 0 Å². The molecule has 0 unspecified atom stereocenters. The Morgan fingerprint density at radius 2 is 2.00 bits per heavy atom. The number of ketones is 1. The van der Waals surface area contributed by atoms with E-state index in [4.69, 9.17) is 5.73 Å². The third-order valence-electron chi connectivity index (χ3n) is 1.51. The van der Waals surface area contributed by atoms with Crippen LogP contribution >= 0.6 is 0 Å². The predicted molar refractivity (Wildman–Crippen MR) is 40.8 cm³/mol. The van der Waals surface area contributed by atoms with E-state index in [1.54, 1.807) is 0 Å². The van der Waals surface area contributed by atoms with Gasteiger partial charge >= 0.3 is 0 Å². The minimum absolute atomic E-state index is 0.00824. The molecule has 0 bridgehead atoms. The topological polar surface area (TPSA) is 43.1 Å². The zero-order valence-electron chi connectivity index (χ0n) is 6.40. The highest BCUT2D eigenvalue weighted by molar-refractivity contribution is 5.99. The van der Waals surface area contributed by atoms with Crippen molar-refractivity contribution in [1.29, 1.82) is 0 Å². The summed E-state index contributed by atoms with van der Waals surface area (Å²) in [5, 5.41) is 0. The van der Waals surface area contributed by atoms with Crippen molar-refractivity contribution in [1.82, 2.24) is 0 Å². The number of benzene rings is 1. The summed E-state index contributed by atoms with van der Waals surface area (Å²) in [5.41, 5.74) is 4.73. The van der Waals surface area contributed by atoms with Crippen LogP contribution in [0.4, 0.5) is 14.5 Å². The molecule has 0 radical (unpaired) electrons. The molecule has 0 aliphatic heterocycles. The fraction of sp³-hybridized carbons (Fsp3) is 0.125. The summed E-state index contributed by atoms with van der Waals surface area (Å²) in [5.74, 6) is -2.59. The fourth-order valence-corrected chi connectivity index (χ4v) is 0.873. The second-order valence-electron chi connectivity index (χ2n) is 2.38. The standard InChI is InChI=1S/C8H7F2NO/c1-4(12)5-2-3-6(9)7(10)8(5)11/h2-3H,11H2,1H3. The Kier molecular flexibility index (Phi) is 2.08. The lowest BCUT2D eigenvalue weighted by Gasteiger charge is -2.02. The summed E-state index contributed by atoms with van der Waals surface area (Å²) >= 11 is 0. The molecule has 4 heteroatoms. The van der Waals surface area contributed by atoms with Crippen LogP contribution in [0.2, 0.25) is 0 Å². The molecule has 1 aromatic rings. The van der Waals surface area contributed by atoms with Gasteiger partial charge in [0.15, 0.2) is 17.4 Å². The normalized spacial score (nSPS) is 9.92. The number of nitrogen functional groups attached to an aromatic ring is 1. The number of hydrogen-bond donors (Lipinski definition) is 1. The Morgan fingerprint density at radius 1 is 1.42 bits per heavy atom. The highest BCUT2D eigenvalue weighted by atomic mass is 19.2. The fourth-order valence-electron chi connectivity index (χ4n) is 0.873. The third kappa shape index (κ3) is 1.28. The van der Waals surface area contributed by atoms with Crippen LogP contribution in [-0.4, -0.2) is 5.78 Å². The van der Waals surface area contributed by atoms with Gasteiger partial charge in [-0.25, -0.2) is 8.78 Å². The maximum absolute atomic E-state index is 12.7. The molecule has 0 spiro atoms. The molecule has 0 saturated carbocycles. The van der Waals surface area contributed by atoms with Crippen LogP contribution < -0.4 is 5.73 Å². The van der Waals surface area contributed by atoms with Gasteiger partial charge in [0.05, 0.1) is 5.69 Å². The number of carbonyl (C=O) groups excluding carboxylic acids is 1. The Labute approximate surface area is 68.0 Å². The molecular weight excluding hydrogens is 164 g/mol. The van der Waals surface area contributed by atoms with Gasteiger partial charge in [0.2, 0.25) is 0 Å². The van der Waals surface area contributed by atoms with Gasteiger partial charge in [-0.3, -0.25) is 4.79 Å². The predicted octanol–water partition coefficient (Wildman–Crippen LogP) is 1.75. The van der Waals surface area contributed by atoms with Crippen molar-refractivity contribution < 1.29 is 13.6 Å². The number of nitrogens with two attached hydrogens (primary N) is 1. The average Bonchev–Trinajstić information content (AvgIpc) is 2.00. The first-order chi connectivity index (χ1) is 5.54. The molecule has 1 aromatic carbocycles. The van der Waals surface area contributed by atoms with E-state index in [0.717, 1.165) is 12.1 Å². The van der Waals surface area contributed by atoms with Gasteiger partial charge in [0, 0.05) is 5.56 Å². The molecular formula is C8H7F2NO. The lowest BCUT2D eigenvalue weighted by molar-refractivity contribution is 0.101. The zero-order valence-corrected chi connectivity index (χ0v) is 6.40. The summed E-state index contributed by atoms with van der Waals surface area (Å²) in [4.78, 5) is 10.8. The molecule has 0 amide bonds. The maximum atomic E-state index is 12.7. The van der Waals surface area contributed by atoms with Gasteiger partial charge in [0.1, 0.15) is 0 Å². The number of Topliss-reactive ketones (excluding diaryl/α,β-unsaturated/α-hetero) is 1. The second kappa shape index (κ2) is 2.89. The average molecular weight is 171 g/mol. The largest absolute Gasteiger partial charge is 0.396 e. The van der Waals surface area contributed by atoms with E-state index in [0.29, 0.717) is 0 Å². The Bertz CT molecular complexity index is 336. The number of halogens is 2. The smallest absolute Gasteiger partial charge is 0.182 e. The SMILES string of the molecule is CC(=O)c1ccc(F)c(F)c1N. The van der Waals surface area contributed by atoms with Gasteiger partial charge in [-0.2, -0.15) is 0 Å². The zero-order chi connectivity index (χ0) is 9.30. The van der Waals surface area contributed by atoms with Gasteiger partial charge in [0.25, 0.3) is 0 Å². The van der Waals surface area contributed by atoms with Gasteiger partial charge in [-0.1, -0.05) is 0 Å². The molecule has 0 fully saturated rings. The van der Waals surface area contributed by atoms with Gasteiger partial charge < -0.3 is 5.73 Å². The van der Waals surface area contributed by atoms with Crippen LogP contribution in [0.5, 0.6) is 0 Å². The van der Waals surface area contributed by atoms with Crippen LogP contribution in [0.15, 0.2) is 12.1 Å². The van der Waals surface area contributed by atoms with E-state index < -0.39 is 17.3 Å². The lowest BCUT2D eigenvalue weighted by Crippen LogP contribution is -2.03. The molecule has 0 saturated heterocycles. The van der Waals surface area contributed by atoms with Crippen molar-refractivity contribution in [3.05, 3.63) is 29.3 Å². The van der Waals surface area contributed by atoms with Crippen molar-refractivity contribution in [2.45, 2.75) is 6.92 Å². The third-order valence-corrected chi connectivity index (χ3v) is 1.51.